The SMILES string of the molecule is COc1cccc(-c2nc(CN3C[C@@H](N)[C@H](c4ccccc4)C3)cs2)c1OC.Cl.Cl. The van der Waals surface area contributed by atoms with Gasteiger partial charge in [-0.15, -0.1) is 36.2 Å². The second-order valence-electron chi connectivity index (χ2n) is 7.06. The second-order valence-corrected chi connectivity index (χ2v) is 7.92. The first-order valence-electron chi connectivity index (χ1n) is 9.38. The zero-order chi connectivity index (χ0) is 19.5. The van der Waals surface area contributed by atoms with Gasteiger partial charge in [-0.3, -0.25) is 4.90 Å². The maximum atomic E-state index is 6.43. The average molecular weight is 468 g/mol. The number of methoxy groups -OCH3 is 2. The van der Waals surface area contributed by atoms with E-state index in [4.69, 9.17) is 20.2 Å². The van der Waals surface area contributed by atoms with Crippen LogP contribution >= 0.6 is 36.2 Å². The number of aromatic nitrogens is 1. The van der Waals surface area contributed by atoms with Gasteiger partial charge < -0.3 is 15.2 Å². The Hall–Kier alpha value is -1.83. The molecule has 1 aromatic heterocycles. The summed E-state index contributed by atoms with van der Waals surface area (Å²) in [7, 11) is 3.31. The highest BCUT2D eigenvalue weighted by atomic mass is 35.5. The molecule has 0 radical (unpaired) electrons. The quantitative estimate of drug-likeness (QED) is 0.573. The zero-order valence-corrected chi connectivity index (χ0v) is 19.4. The molecule has 2 heterocycles. The van der Waals surface area contributed by atoms with Crippen LogP contribution in [0.4, 0.5) is 0 Å². The van der Waals surface area contributed by atoms with Crippen LogP contribution in [0, 0.1) is 0 Å². The average Bonchev–Trinajstić information content (AvgIpc) is 3.34. The van der Waals surface area contributed by atoms with Crippen LogP contribution in [0.3, 0.4) is 0 Å². The van der Waals surface area contributed by atoms with Crippen molar-refractivity contribution < 1.29 is 9.47 Å². The fraction of sp³-hybridized carbons (Fsp3) is 0.318. The smallest absolute Gasteiger partial charge is 0.170 e. The molecule has 0 amide bonds. The monoisotopic (exact) mass is 467 g/mol. The topological polar surface area (TPSA) is 60.6 Å². The number of hydrogen-bond donors (Lipinski definition) is 1. The number of ether oxygens (including phenoxy) is 2. The van der Waals surface area contributed by atoms with Gasteiger partial charge in [-0.1, -0.05) is 36.4 Å². The van der Waals surface area contributed by atoms with Crippen LogP contribution < -0.4 is 15.2 Å². The summed E-state index contributed by atoms with van der Waals surface area (Å²) in [5.41, 5.74) is 9.77. The molecule has 2 N–H and O–H groups in total. The van der Waals surface area contributed by atoms with E-state index in [1.165, 1.54) is 5.56 Å². The van der Waals surface area contributed by atoms with Gasteiger partial charge in [-0.2, -0.15) is 0 Å². The van der Waals surface area contributed by atoms with Crippen LogP contribution in [0.15, 0.2) is 53.9 Å². The first-order chi connectivity index (χ1) is 13.7. The molecule has 2 atom stereocenters. The van der Waals surface area contributed by atoms with Crippen molar-refractivity contribution in [3.8, 4) is 22.1 Å². The highest BCUT2D eigenvalue weighted by molar-refractivity contribution is 7.13. The number of nitrogens with two attached hydrogens (primary N) is 1. The molecule has 1 fully saturated rings. The van der Waals surface area contributed by atoms with E-state index in [1.807, 2.05) is 24.3 Å². The number of benzene rings is 2. The van der Waals surface area contributed by atoms with Gasteiger partial charge in [0.2, 0.25) is 0 Å². The molecule has 162 valence electrons. The molecule has 5 nitrogen and oxygen atoms in total. The molecule has 1 aliphatic rings. The van der Waals surface area contributed by atoms with E-state index in [9.17, 15) is 0 Å². The van der Waals surface area contributed by atoms with E-state index in [1.54, 1.807) is 25.6 Å². The van der Waals surface area contributed by atoms with Crippen molar-refractivity contribution in [3.63, 3.8) is 0 Å². The number of rotatable bonds is 6. The number of nitrogens with zero attached hydrogens (tertiary/aromatic N) is 2. The highest BCUT2D eigenvalue weighted by Crippen LogP contribution is 2.39. The van der Waals surface area contributed by atoms with Gasteiger partial charge in [-0.05, 0) is 17.7 Å². The van der Waals surface area contributed by atoms with Crippen LogP contribution in [0.5, 0.6) is 11.5 Å². The Morgan fingerprint density at radius 2 is 1.80 bits per heavy atom. The van der Waals surface area contributed by atoms with Crippen LogP contribution in [0.2, 0.25) is 0 Å². The maximum absolute atomic E-state index is 6.43. The normalized spacial score (nSPS) is 18.4. The maximum Gasteiger partial charge on any atom is 0.170 e. The minimum atomic E-state index is 0. The van der Waals surface area contributed by atoms with Crippen LogP contribution in [0.25, 0.3) is 10.6 Å². The van der Waals surface area contributed by atoms with Gasteiger partial charge in [-0.25, -0.2) is 4.98 Å². The predicted molar refractivity (Wildman–Crippen MR) is 128 cm³/mol. The summed E-state index contributed by atoms with van der Waals surface area (Å²) < 4.78 is 11.0. The predicted octanol–water partition coefficient (Wildman–Crippen LogP) is 4.60. The Morgan fingerprint density at radius 1 is 1.03 bits per heavy atom. The molecule has 0 bridgehead atoms. The third kappa shape index (κ3) is 5.07. The Kier molecular flexibility index (Phi) is 8.94. The minimum absolute atomic E-state index is 0. The number of halogens is 2. The van der Waals surface area contributed by atoms with Crippen molar-refractivity contribution in [1.29, 1.82) is 0 Å². The van der Waals surface area contributed by atoms with E-state index in [0.717, 1.165) is 41.6 Å². The fourth-order valence-corrected chi connectivity index (χ4v) is 4.72. The van der Waals surface area contributed by atoms with Crippen molar-refractivity contribution in [2.75, 3.05) is 27.3 Å². The largest absolute Gasteiger partial charge is 0.493 e. The molecule has 3 aromatic rings. The lowest BCUT2D eigenvalue weighted by atomic mass is 9.95. The molecule has 0 aliphatic carbocycles. The summed E-state index contributed by atoms with van der Waals surface area (Å²) >= 11 is 1.63. The van der Waals surface area contributed by atoms with Gasteiger partial charge in [0.25, 0.3) is 0 Å². The van der Waals surface area contributed by atoms with Crippen molar-refractivity contribution >= 4 is 36.2 Å². The number of para-hydroxylation sites is 1. The van der Waals surface area contributed by atoms with E-state index in [-0.39, 0.29) is 30.9 Å². The molecule has 4 rings (SSSR count). The molecule has 8 heteroatoms. The molecule has 0 spiro atoms. The van der Waals surface area contributed by atoms with Crippen molar-refractivity contribution in [3.05, 3.63) is 65.2 Å². The molecule has 30 heavy (non-hydrogen) atoms. The van der Waals surface area contributed by atoms with E-state index in [2.05, 4.69) is 34.5 Å². The van der Waals surface area contributed by atoms with Crippen molar-refractivity contribution in [2.24, 2.45) is 5.73 Å². The van der Waals surface area contributed by atoms with Gasteiger partial charge in [0, 0.05) is 37.0 Å². The number of thiazole rings is 1. The van der Waals surface area contributed by atoms with Crippen LogP contribution in [-0.2, 0) is 6.54 Å². The molecule has 1 saturated heterocycles. The van der Waals surface area contributed by atoms with Crippen LogP contribution in [0.1, 0.15) is 17.2 Å². The first kappa shape index (κ1) is 24.4. The summed E-state index contributed by atoms with van der Waals surface area (Å²) in [5.74, 6) is 1.81. The Balaban J connectivity index is 0.00000160. The third-order valence-electron chi connectivity index (χ3n) is 5.24. The lowest BCUT2D eigenvalue weighted by Gasteiger charge is -2.15. The van der Waals surface area contributed by atoms with E-state index >= 15 is 0 Å². The summed E-state index contributed by atoms with van der Waals surface area (Å²) in [6.07, 6.45) is 0. The molecule has 2 aromatic carbocycles. The van der Waals surface area contributed by atoms with Crippen molar-refractivity contribution in [2.45, 2.75) is 18.5 Å². The van der Waals surface area contributed by atoms with E-state index < -0.39 is 0 Å². The molecule has 1 aliphatic heterocycles. The molecular weight excluding hydrogens is 441 g/mol. The molecular formula is C22H27Cl2N3O2S. The Bertz CT molecular complexity index is 939. The molecule has 0 unspecified atom stereocenters. The summed E-state index contributed by atoms with van der Waals surface area (Å²) in [6.45, 7) is 2.65. The summed E-state index contributed by atoms with van der Waals surface area (Å²) in [4.78, 5) is 7.24. The molecule has 0 saturated carbocycles. The Labute approximate surface area is 194 Å². The first-order valence-corrected chi connectivity index (χ1v) is 10.3. The lowest BCUT2D eigenvalue weighted by Crippen LogP contribution is -2.28. The minimum Gasteiger partial charge on any atom is -0.493 e. The third-order valence-corrected chi connectivity index (χ3v) is 6.16. The highest BCUT2D eigenvalue weighted by Gasteiger charge is 2.31. The van der Waals surface area contributed by atoms with Gasteiger partial charge in [0.1, 0.15) is 5.01 Å². The van der Waals surface area contributed by atoms with E-state index in [0.29, 0.717) is 11.7 Å². The second kappa shape index (κ2) is 11.0. The number of likely N-dealkylation sites (tertiary alicyclic amines) is 1. The summed E-state index contributed by atoms with van der Waals surface area (Å²) in [6, 6.07) is 16.6. The number of hydrogen-bond acceptors (Lipinski definition) is 6. The van der Waals surface area contributed by atoms with Gasteiger partial charge in [0.15, 0.2) is 11.5 Å². The van der Waals surface area contributed by atoms with Gasteiger partial charge in [0.05, 0.1) is 25.5 Å². The van der Waals surface area contributed by atoms with Gasteiger partial charge >= 0.3 is 0 Å². The zero-order valence-electron chi connectivity index (χ0n) is 17.0. The summed E-state index contributed by atoms with van der Waals surface area (Å²) in [5, 5.41) is 3.06. The Morgan fingerprint density at radius 3 is 2.50 bits per heavy atom. The fourth-order valence-electron chi connectivity index (χ4n) is 3.88. The van der Waals surface area contributed by atoms with Crippen molar-refractivity contribution in [1.82, 2.24) is 9.88 Å². The van der Waals surface area contributed by atoms with Crippen LogP contribution in [-0.4, -0.2) is 43.2 Å². The lowest BCUT2D eigenvalue weighted by molar-refractivity contribution is 0.320. The standard InChI is InChI=1S/C22H25N3O2S.2ClH/c1-26-20-10-6-9-17(21(20)27-2)22-24-16(14-28-22)11-25-12-18(19(23)13-25)15-7-4-3-5-8-15;;/h3-10,14,18-19H,11-13,23H2,1-2H3;2*1H/t18-,19+;;/m0../s1.